The van der Waals surface area contributed by atoms with E-state index in [2.05, 4.69) is 59.3 Å². The van der Waals surface area contributed by atoms with Crippen LogP contribution in [0.15, 0.2) is 73.8 Å². The monoisotopic (exact) mass is 481 g/mol. The molecular formula is C25H20ClN9. The third kappa shape index (κ3) is 3.92. The summed E-state index contributed by atoms with van der Waals surface area (Å²) in [5.41, 5.74) is 6.51. The standard InChI is InChI=1S/C25H17ClN8.H3N/c1-14-2-7-18-17(8-9-28-24(18)34-16-5-3-15(26)4-6-16)20(14)21-19(10-27-11-29-21)22-23-25(32-12-30-22)33-13-31-23;/h2-13H,1H3,(H,28,34)(H,30,31,32,33);1H3. The highest BCUT2D eigenvalue weighted by Gasteiger charge is 2.19. The minimum absolute atomic E-state index is 0. The zero-order chi connectivity index (χ0) is 23.1. The van der Waals surface area contributed by atoms with E-state index in [9.17, 15) is 0 Å². The highest BCUT2D eigenvalue weighted by Crippen LogP contribution is 2.38. The molecule has 4 heterocycles. The molecule has 0 spiro atoms. The second-order valence-electron chi connectivity index (χ2n) is 7.75. The summed E-state index contributed by atoms with van der Waals surface area (Å²) in [6.07, 6.45) is 8.23. The maximum atomic E-state index is 6.04. The van der Waals surface area contributed by atoms with Crippen molar-refractivity contribution in [1.29, 1.82) is 0 Å². The number of imidazole rings is 1. The first-order valence-corrected chi connectivity index (χ1v) is 10.9. The SMILES string of the molecule is Cc1ccc2c(Nc3ccc(Cl)cc3)nccc2c1-c1ncncc1-c1ncnc2[nH]cnc12.N. The van der Waals surface area contributed by atoms with Crippen molar-refractivity contribution in [2.45, 2.75) is 6.92 Å². The minimum Gasteiger partial charge on any atom is -0.344 e. The average molecular weight is 482 g/mol. The molecule has 6 aromatic rings. The number of aromatic nitrogens is 7. The van der Waals surface area contributed by atoms with Crippen molar-refractivity contribution >= 4 is 45.0 Å². The maximum Gasteiger partial charge on any atom is 0.161 e. The van der Waals surface area contributed by atoms with Crippen LogP contribution in [0, 0.1) is 6.92 Å². The van der Waals surface area contributed by atoms with Gasteiger partial charge in [-0.25, -0.2) is 29.9 Å². The van der Waals surface area contributed by atoms with E-state index >= 15 is 0 Å². The number of rotatable bonds is 4. The fraction of sp³-hybridized carbons (Fsp3) is 0.0400. The van der Waals surface area contributed by atoms with E-state index in [1.807, 2.05) is 30.3 Å². The molecule has 0 aliphatic heterocycles. The Morgan fingerprint density at radius 2 is 1.66 bits per heavy atom. The second-order valence-corrected chi connectivity index (χ2v) is 8.19. The van der Waals surface area contributed by atoms with Crippen LogP contribution in [0.2, 0.25) is 5.02 Å². The second kappa shape index (κ2) is 9.05. The Kier molecular flexibility index (Phi) is 5.77. The third-order valence-corrected chi connectivity index (χ3v) is 5.93. The predicted molar refractivity (Wildman–Crippen MR) is 138 cm³/mol. The van der Waals surface area contributed by atoms with Gasteiger partial charge in [0.05, 0.1) is 12.0 Å². The molecule has 0 aliphatic rings. The fourth-order valence-electron chi connectivity index (χ4n) is 4.11. The van der Waals surface area contributed by atoms with Crippen molar-refractivity contribution < 1.29 is 0 Å². The van der Waals surface area contributed by atoms with Crippen LogP contribution in [0.5, 0.6) is 0 Å². The van der Waals surface area contributed by atoms with Gasteiger partial charge in [-0.05, 0) is 48.2 Å². The van der Waals surface area contributed by atoms with Gasteiger partial charge in [-0.15, -0.1) is 0 Å². The van der Waals surface area contributed by atoms with E-state index in [4.69, 9.17) is 11.6 Å². The zero-order valence-corrected chi connectivity index (χ0v) is 19.5. The number of halogens is 1. The van der Waals surface area contributed by atoms with Gasteiger partial charge in [-0.3, -0.25) is 0 Å². The summed E-state index contributed by atoms with van der Waals surface area (Å²) < 4.78 is 0. The maximum absolute atomic E-state index is 6.04. The lowest BCUT2D eigenvalue weighted by Gasteiger charge is -2.15. The van der Waals surface area contributed by atoms with Crippen molar-refractivity contribution in [3.8, 4) is 22.5 Å². The van der Waals surface area contributed by atoms with Gasteiger partial charge >= 0.3 is 0 Å². The molecule has 0 aliphatic carbocycles. The van der Waals surface area contributed by atoms with Gasteiger partial charge in [-0.2, -0.15) is 0 Å². The van der Waals surface area contributed by atoms with E-state index in [0.717, 1.165) is 44.7 Å². The molecule has 0 bridgehead atoms. The van der Waals surface area contributed by atoms with Crippen molar-refractivity contribution in [1.82, 2.24) is 41.0 Å². The lowest BCUT2D eigenvalue weighted by atomic mass is 9.94. The molecule has 9 nitrogen and oxygen atoms in total. The number of H-pyrrole nitrogens is 1. The van der Waals surface area contributed by atoms with Crippen LogP contribution >= 0.6 is 11.6 Å². The topological polar surface area (TPSA) is 140 Å². The van der Waals surface area contributed by atoms with E-state index in [-0.39, 0.29) is 6.15 Å². The van der Waals surface area contributed by atoms with Crippen LogP contribution in [-0.2, 0) is 0 Å². The Labute approximate surface area is 205 Å². The Hall–Kier alpha value is -4.47. The molecule has 0 atom stereocenters. The quantitative estimate of drug-likeness (QED) is 0.283. The lowest BCUT2D eigenvalue weighted by molar-refractivity contribution is 1.15. The lowest BCUT2D eigenvalue weighted by Crippen LogP contribution is -1.99. The van der Waals surface area contributed by atoms with Gasteiger partial charge in [-0.1, -0.05) is 23.7 Å². The number of anilines is 2. The number of aryl methyl sites for hydroxylation is 1. The first kappa shape index (κ1) is 22.3. The first-order valence-electron chi connectivity index (χ1n) is 10.5. The highest BCUT2D eigenvalue weighted by molar-refractivity contribution is 6.30. The van der Waals surface area contributed by atoms with Gasteiger partial charge in [0.15, 0.2) is 5.65 Å². The van der Waals surface area contributed by atoms with Crippen LogP contribution < -0.4 is 11.5 Å². The van der Waals surface area contributed by atoms with Crippen molar-refractivity contribution in [3.63, 3.8) is 0 Å². The van der Waals surface area contributed by atoms with Crippen LogP contribution in [0.3, 0.4) is 0 Å². The Balaban J connectivity index is 0.00000253. The smallest absolute Gasteiger partial charge is 0.161 e. The molecule has 35 heavy (non-hydrogen) atoms. The number of hydrogen-bond donors (Lipinski definition) is 3. The molecule has 6 rings (SSSR count). The number of nitrogens with zero attached hydrogens (tertiary/aromatic N) is 6. The Morgan fingerprint density at radius 3 is 2.51 bits per heavy atom. The zero-order valence-electron chi connectivity index (χ0n) is 18.7. The molecule has 0 amide bonds. The van der Waals surface area contributed by atoms with Gasteiger partial charge < -0.3 is 16.5 Å². The van der Waals surface area contributed by atoms with E-state index in [1.165, 1.54) is 6.33 Å². The number of fused-ring (bicyclic) bond motifs is 2. The van der Waals surface area contributed by atoms with Gasteiger partial charge in [0.1, 0.15) is 29.7 Å². The molecule has 4 aromatic heterocycles. The molecule has 5 N–H and O–H groups in total. The molecule has 0 fully saturated rings. The summed E-state index contributed by atoms with van der Waals surface area (Å²) in [4.78, 5) is 29.8. The normalized spacial score (nSPS) is 10.9. The molecule has 0 saturated carbocycles. The number of nitrogens with one attached hydrogen (secondary N) is 2. The molecule has 172 valence electrons. The van der Waals surface area contributed by atoms with Crippen molar-refractivity contribution in [2.24, 2.45) is 0 Å². The molecule has 10 heteroatoms. The van der Waals surface area contributed by atoms with Crippen LogP contribution in [0.1, 0.15) is 5.56 Å². The summed E-state index contributed by atoms with van der Waals surface area (Å²) >= 11 is 6.04. The number of hydrogen-bond acceptors (Lipinski definition) is 8. The number of aromatic amines is 1. The molecule has 0 saturated heterocycles. The average Bonchev–Trinajstić information content (AvgIpc) is 3.35. The minimum atomic E-state index is 0. The number of benzene rings is 2. The Morgan fingerprint density at radius 1 is 0.829 bits per heavy atom. The first-order chi connectivity index (χ1) is 16.7. The Bertz CT molecular complexity index is 1660. The summed E-state index contributed by atoms with van der Waals surface area (Å²) in [6, 6.07) is 13.7. The van der Waals surface area contributed by atoms with Crippen LogP contribution in [0.4, 0.5) is 11.5 Å². The van der Waals surface area contributed by atoms with Crippen molar-refractivity contribution in [2.75, 3.05) is 5.32 Å². The molecule has 0 radical (unpaired) electrons. The highest BCUT2D eigenvalue weighted by atomic mass is 35.5. The van der Waals surface area contributed by atoms with E-state index in [0.29, 0.717) is 21.9 Å². The summed E-state index contributed by atoms with van der Waals surface area (Å²) in [5, 5.41) is 6.06. The van der Waals surface area contributed by atoms with Gasteiger partial charge in [0.2, 0.25) is 0 Å². The largest absolute Gasteiger partial charge is 0.344 e. The molecule has 0 unspecified atom stereocenters. The fourth-order valence-corrected chi connectivity index (χ4v) is 4.24. The van der Waals surface area contributed by atoms with Crippen molar-refractivity contribution in [3.05, 3.63) is 84.4 Å². The van der Waals surface area contributed by atoms with Gasteiger partial charge in [0.25, 0.3) is 0 Å². The van der Waals surface area contributed by atoms with E-state index in [1.54, 1.807) is 25.0 Å². The summed E-state index contributed by atoms with van der Waals surface area (Å²) in [5.74, 6) is 0.744. The van der Waals surface area contributed by atoms with Crippen LogP contribution in [0.25, 0.3) is 44.5 Å². The van der Waals surface area contributed by atoms with Crippen LogP contribution in [-0.4, -0.2) is 34.9 Å². The number of pyridine rings is 1. The molecular weight excluding hydrogens is 462 g/mol. The summed E-state index contributed by atoms with van der Waals surface area (Å²) in [7, 11) is 0. The third-order valence-electron chi connectivity index (χ3n) is 5.68. The van der Waals surface area contributed by atoms with Gasteiger partial charge in [0, 0.05) is 39.6 Å². The molecule has 2 aromatic carbocycles. The predicted octanol–water partition coefficient (Wildman–Crippen LogP) is 5.89. The van der Waals surface area contributed by atoms with E-state index < -0.39 is 0 Å². The summed E-state index contributed by atoms with van der Waals surface area (Å²) in [6.45, 7) is 2.07.